The zero-order valence-electron chi connectivity index (χ0n) is 9.60. The average Bonchev–Trinajstić information content (AvgIpc) is 2.30. The number of ether oxygens (including phenoxy) is 1. The molecule has 0 unspecified atom stereocenters. The van der Waals surface area contributed by atoms with Crippen molar-refractivity contribution < 1.29 is 22.7 Å². The van der Waals surface area contributed by atoms with Crippen LogP contribution in [0, 0.1) is 0 Å². The third kappa shape index (κ3) is 2.99. The zero-order valence-corrected chi connectivity index (χ0v) is 9.60. The molecule has 2 rings (SSSR count). The smallest absolute Gasteiger partial charge is 0.416 e. The number of fused-ring (bicyclic) bond motifs is 1. The second-order valence-electron chi connectivity index (χ2n) is 3.23. The molecular weight excluding hydrogens is 233 g/mol. The first-order valence-corrected chi connectivity index (χ1v) is 5.36. The molecule has 0 N–H and O–H groups in total. The largest absolute Gasteiger partial charge is 0.492 e. The van der Waals surface area contributed by atoms with E-state index in [4.69, 9.17) is 4.74 Å². The second-order valence-corrected chi connectivity index (χ2v) is 3.23. The Morgan fingerprint density at radius 3 is 2.47 bits per heavy atom. The summed E-state index contributed by atoms with van der Waals surface area (Å²) in [5, 5.41) is 0. The fourth-order valence-corrected chi connectivity index (χ4v) is 1.44. The molecule has 1 heterocycles. The summed E-state index contributed by atoms with van der Waals surface area (Å²) in [7, 11) is 0. The highest BCUT2D eigenvalue weighted by molar-refractivity contribution is 5.99. The molecule has 0 saturated heterocycles. The van der Waals surface area contributed by atoms with E-state index in [0.717, 1.165) is 12.1 Å². The Kier molecular flexibility index (Phi) is 4.15. The summed E-state index contributed by atoms with van der Waals surface area (Å²) in [6.45, 7) is 4.15. The van der Waals surface area contributed by atoms with Crippen molar-refractivity contribution in [3.63, 3.8) is 0 Å². The van der Waals surface area contributed by atoms with Gasteiger partial charge in [0, 0.05) is 6.42 Å². The van der Waals surface area contributed by atoms with Crippen LogP contribution in [0.2, 0.25) is 0 Å². The van der Waals surface area contributed by atoms with Crippen LogP contribution >= 0.6 is 0 Å². The monoisotopic (exact) mass is 246 g/mol. The third-order valence-electron chi connectivity index (χ3n) is 2.20. The van der Waals surface area contributed by atoms with Crippen molar-refractivity contribution >= 4 is 5.78 Å². The summed E-state index contributed by atoms with van der Waals surface area (Å²) in [6, 6.07) is 2.93. The summed E-state index contributed by atoms with van der Waals surface area (Å²) in [6.07, 6.45) is -4.18. The maximum absolute atomic E-state index is 12.3. The van der Waals surface area contributed by atoms with Crippen LogP contribution in [0.15, 0.2) is 18.2 Å². The molecule has 2 nitrogen and oxygen atoms in total. The number of hydrogen-bond donors (Lipinski definition) is 0. The molecule has 17 heavy (non-hydrogen) atoms. The van der Waals surface area contributed by atoms with Crippen molar-refractivity contribution in [3.05, 3.63) is 29.3 Å². The number of carbonyl (C=O) groups is 1. The van der Waals surface area contributed by atoms with E-state index in [0.29, 0.717) is 0 Å². The first-order chi connectivity index (χ1) is 7.98. The second kappa shape index (κ2) is 5.21. The highest BCUT2D eigenvalue weighted by Crippen LogP contribution is 2.34. The molecule has 94 valence electrons. The van der Waals surface area contributed by atoms with E-state index in [9.17, 15) is 18.0 Å². The lowest BCUT2D eigenvalue weighted by Gasteiger charge is -2.17. The van der Waals surface area contributed by atoms with Gasteiger partial charge < -0.3 is 4.74 Å². The van der Waals surface area contributed by atoms with Crippen molar-refractivity contribution in [3.8, 4) is 5.75 Å². The summed E-state index contributed by atoms with van der Waals surface area (Å²) >= 11 is 0. The van der Waals surface area contributed by atoms with Crippen LogP contribution in [0.3, 0.4) is 0 Å². The van der Waals surface area contributed by atoms with Gasteiger partial charge in [-0.1, -0.05) is 13.8 Å². The minimum Gasteiger partial charge on any atom is -0.492 e. The average molecular weight is 246 g/mol. The summed E-state index contributed by atoms with van der Waals surface area (Å²) < 4.78 is 42.0. The Bertz CT molecular complexity index is 411. The normalized spacial score (nSPS) is 14.3. The minimum absolute atomic E-state index is 0.0288. The number of rotatable bonds is 0. The number of carbonyl (C=O) groups excluding carboxylic acids is 1. The maximum Gasteiger partial charge on any atom is 0.416 e. The molecule has 0 amide bonds. The van der Waals surface area contributed by atoms with E-state index in [1.54, 1.807) is 0 Å². The molecule has 0 aromatic heterocycles. The first-order valence-electron chi connectivity index (χ1n) is 5.36. The molecule has 1 aromatic rings. The van der Waals surface area contributed by atoms with E-state index in [2.05, 4.69) is 0 Å². The molecule has 0 aliphatic carbocycles. The van der Waals surface area contributed by atoms with Gasteiger partial charge in [0.15, 0.2) is 5.78 Å². The molecule has 5 heteroatoms. The van der Waals surface area contributed by atoms with Crippen molar-refractivity contribution in [2.75, 3.05) is 6.61 Å². The lowest BCUT2D eigenvalue weighted by Crippen LogP contribution is -2.16. The Labute approximate surface area is 97.4 Å². The standard InChI is InChI=1S/C10H7F3O2.C2H6/c11-10(12,13)6-1-2-7-8(14)3-4-15-9(7)5-6;1-2/h1-2,5H,3-4H2;1-2H3. The van der Waals surface area contributed by atoms with Gasteiger partial charge in [-0.25, -0.2) is 0 Å². The fraction of sp³-hybridized carbons (Fsp3) is 0.417. The van der Waals surface area contributed by atoms with Gasteiger partial charge in [-0.05, 0) is 18.2 Å². The molecule has 0 bridgehead atoms. The van der Waals surface area contributed by atoms with Gasteiger partial charge >= 0.3 is 6.18 Å². The van der Waals surface area contributed by atoms with Crippen molar-refractivity contribution in [1.82, 2.24) is 0 Å². The molecule has 0 fully saturated rings. The lowest BCUT2D eigenvalue weighted by molar-refractivity contribution is -0.137. The topological polar surface area (TPSA) is 26.3 Å². The highest BCUT2D eigenvalue weighted by atomic mass is 19.4. The number of alkyl halides is 3. The van der Waals surface area contributed by atoms with Gasteiger partial charge in [0.05, 0.1) is 17.7 Å². The number of benzene rings is 1. The predicted octanol–water partition coefficient (Wildman–Crippen LogP) is 3.70. The van der Waals surface area contributed by atoms with Gasteiger partial charge in [-0.2, -0.15) is 13.2 Å². The fourth-order valence-electron chi connectivity index (χ4n) is 1.44. The molecular formula is C12H13F3O2. The SMILES string of the molecule is CC.O=C1CCOc2cc(C(F)(F)F)ccc21. The summed E-state index contributed by atoms with van der Waals surface area (Å²) in [5.41, 5.74) is -0.565. The van der Waals surface area contributed by atoms with Crippen molar-refractivity contribution in [2.24, 2.45) is 0 Å². The van der Waals surface area contributed by atoms with E-state index in [1.165, 1.54) is 6.07 Å². The van der Waals surface area contributed by atoms with Crippen LogP contribution < -0.4 is 4.74 Å². The van der Waals surface area contributed by atoms with Crippen LogP contribution in [-0.2, 0) is 6.18 Å². The zero-order chi connectivity index (χ0) is 13.1. The molecule has 1 aliphatic heterocycles. The van der Waals surface area contributed by atoms with Crippen LogP contribution in [0.25, 0.3) is 0 Å². The predicted molar refractivity (Wildman–Crippen MR) is 57.2 cm³/mol. The van der Waals surface area contributed by atoms with Crippen LogP contribution in [0.5, 0.6) is 5.75 Å². The Hall–Kier alpha value is -1.52. The maximum atomic E-state index is 12.3. The van der Waals surface area contributed by atoms with Gasteiger partial charge in [0.25, 0.3) is 0 Å². The van der Waals surface area contributed by atoms with Crippen molar-refractivity contribution in [2.45, 2.75) is 26.4 Å². The highest BCUT2D eigenvalue weighted by Gasteiger charge is 2.32. The summed E-state index contributed by atoms with van der Waals surface area (Å²) in [4.78, 5) is 11.3. The third-order valence-corrected chi connectivity index (χ3v) is 2.20. The van der Waals surface area contributed by atoms with Crippen LogP contribution in [0.4, 0.5) is 13.2 Å². The van der Waals surface area contributed by atoms with E-state index in [-0.39, 0.29) is 30.1 Å². The van der Waals surface area contributed by atoms with Gasteiger partial charge in [0.2, 0.25) is 0 Å². The molecule has 0 atom stereocenters. The lowest BCUT2D eigenvalue weighted by atomic mass is 10.0. The van der Waals surface area contributed by atoms with E-state index in [1.807, 2.05) is 13.8 Å². The Balaban J connectivity index is 0.000000686. The van der Waals surface area contributed by atoms with Gasteiger partial charge in [-0.3, -0.25) is 4.79 Å². The molecule has 1 aromatic carbocycles. The van der Waals surface area contributed by atoms with Crippen molar-refractivity contribution in [1.29, 1.82) is 0 Å². The number of Topliss-reactive ketones (excluding diaryl/α,β-unsaturated/α-hetero) is 1. The molecule has 1 aliphatic rings. The molecule has 0 spiro atoms. The van der Waals surface area contributed by atoms with Gasteiger partial charge in [0.1, 0.15) is 5.75 Å². The van der Waals surface area contributed by atoms with E-state index < -0.39 is 11.7 Å². The number of hydrogen-bond acceptors (Lipinski definition) is 2. The number of ketones is 1. The van der Waals surface area contributed by atoms with Gasteiger partial charge in [-0.15, -0.1) is 0 Å². The molecule has 0 saturated carbocycles. The van der Waals surface area contributed by atoms with Crippen LogP contribution in [0.1, 0.15) is 36.2 Å². The minimum atomic E-state index is -4.40. The van der Waals surface area contributed by atoms with E-state index >= 15 is 0 Å². The Morgan fingerprint density at radius 1 is 1.24 bits per heavy atom. The quantitative estimate of drug-likeness (QED) is 0.697. The first kappa shape index (κ1) is 13.5. The number of halogens is 3. The molecule has 0 radical (unpaired) electrons. The summed E-state index contributed by atoms with van der Waals surface area (Å²) in [5.74, 6) is -0.147. The van der Waals surface area contributed by atoms with Crippen LogP contribution in [-0.4, -0.2) is 12.4 Å². The Morgan fingerprint density at radius 2 is 1.88 bits per heavy atom.